The standard InChI is InChI=1S/C58H42N2O3S2/c1-37-11-29-51-44(31-37)21-19-42-7-3-5-9-49(42)53(51)33-39-13-23-46(24-14-39)60(48-27-17-41(18-28-48)35-55-57(63)59(36-56(61)62)58(64)65-55)47-25-15-40(16-26-47)34-54-50-10-6-4-8-43(50)20-22-45-32-38(2)12-30-52(45)54/h3-35H,36H2,1-2H3,(H,61,62). The number of benzene rings is 7. The zero-order chi connectivity index (χ0) is 44.6. The molecule has 7 heteroatoms. The van der Waals surface area contributed by atoms with E-state index < -0.39 is 18.4 Å². The molecule has 0 unspecified atom stereocenters. The molecule has 0 bridgehead atoms. The third kappa shape index (κ3) is 8.47. The Morgan fingerprint density at radius 2 is 0.954 bits per heavy atom. The van der Waals surface area contributed by atoms with Crippen LogP contribution in [-0.4, -0.2) is 32.7 Å². The molecule has 1 aliphatic heterocycles. The van der Waals surface area contributed by atoms with Crippen molar-refractivity contribution in [3.63, 3.8) is 0 Å². The molecular formula is C58H42N2O3S2. The molecule has 1 heterocycles. The molecule has 0 aromatic heterocycles. The lowest BCUT2D eigenvalue weighted by Gasteiger charge is -2.26. The van der Waals surface area contributed by atoms with Gasteiger partial charge in [0.2, 0.25) is 0 Å². The van der Waals surface area contributed by atoms with Crippen LogP contribution in [0.3, 0.4) is 0 Å². The summed E-state index contributed by atoms with van der Waals surface area (Å²) in [5.41, 5.74) is 20.2. The number of nitrogens with zero attached hydrogens (tertiary/aromatic N) is 2. The van der Waals surface area contributed by atoms with E-state index in [0.717, 1.165) is 50.4 Å². The molecule has 0 spiro atoms. The second kappa shape index (κ2) is 17.5. The minimum Gasteiger partial charge on any atom is -0.480 e. The van der Waals surface area contributed by atoms with E-state index in [-0.39, 0.29) is 4.32 Å². The van der Waals surface area contributed by atoms with Crippen LogP contribution in [0, 0.1) is 13.8 Å². The predicted molar refractivity (Wildman–Crippen MR) is 276 cm³/mol. The highest BCUT2D eigenvalue weighted by Gasteiger charge is 2.33. The quantitative estimate of drug-likeness (QED) is 0.121. The summed E-state index contributed by atoms with van der Waals surface area (Å²) in [5, 5.41) is 9.32. The Kier molecular flexibility index (Phi) is 11.2. The number of carboxylic acid groups (broad SMARTS) is 1. The highest BCUT2D eigenvalue weighted by Crippen LogP contribution is 2.40. The van der Waals surface area contributed by atoms with Crippen molar-refractivity contribution in [2.75, 3.05) is 11.4 Å². The Labute approximate surface area is 388 Å². The van der Waals surface area contributed by atoms with Crippen LogP contribution in [0.1, 0.15) is 72.3 Å². The number of carboxylic acids is 1. The third-order valence-corrected chi connectivity index (χ3v) is 13.3. The van der Waals surface area contributed by atoms with Crippen molar-refractivity contribution in [2.24, 2.45) is 0 Å². The summed E-state index contributed by atoms with van der Waals surface area (Å²) in [6, 6.07) is 55.8. The number of fused-ring (bicyclic) bond motifs is 4. The first-order valence-electron chi connectivity index (χ1n) is 21.4. The average molecular weight is 879 g/mol. The molecule has 2 aliphatic carbocycles. The van der Waals surface area contributed by atoms with Crippen molar-refractivity contribution < 1.29 is 14.7 Å². The number of aryl methyl sites for hydroxylation is 2. The van der Waals surface area contributed by atoms with E-state index in [1.807, 2.05) is 24.3 Å². The molecule has 1 saturated heterocycles. The maximum absolute atomic E-state index is 13.1. The molecule has 3 aliphatic rings. The van der Waals surface area contributed by atoms with Crippen LogP contribution in [-0.2, 0) is 9.59 Å². The summed E-state index contributed by atoms with van der Waals surface area (Å²) >= 11 is 6.46. The van der Waals surface area contributed by atoms with Gasteiger partial charge >= 0.3 is 5.97 Å². The summed E-state index contributed by atoms with van der Waals surface area (Å²) in [7, 11) is 0. The second-order valence-corrected chi connectivity index (χ2v) is 18.1. The molecule has 7 aromatic carbocycles. The van der Waals surface area contributed by atoms with Crippen LogP contribution in [0.2, 0.25) is 0 Å². The van der Waals surface area contributed by atoms with Gasteiger partial charge in [0, 0.05) is 17.1 Å². The van der Waals surface area contributed by atoms with Gasteiger partial charge in [-0.3, -0.25) is 14.5 Å². The van der Waals surface area contributed by atoms with E-state index in [1.165, 1.54) is 66.8 Å². The van der Waals surface area contributed by atoms with E-state index in [4.69, 9.17) is 12.2 Å². The van der Waals surface area contributed by atoms with E-state index >= 15 is 0 Å². The van der Waals surface area contributed by atoms with Crippen molar-refractivity contribution in [1.29, 1.82) is 0 Å². The lowest BCUT2D eigenvalue weighted by Crippen LogP contribution is -2.33. The number of hydrogen-bond donors (Lipinski definition) is 1. The average Bonchev–Trinajstić information content (AvgIpc) is 3.41. The predicted octanol–water partition coefficient (Wildman–Crippen LogP) is 14.2. The molecule has 0 radical (unpaired) electrons. The van der Waals surface area contributed by atoms with Crippen LogP contribution in [0.4, 0.5) is 17.1 Å². The highest BCUT2D eigenvalue weighted by atomic mass is 32.2. The largest absolute Gasteiger partial charge is 0.480 e. The molecule has 1 amide bonds. The van der Waals surface area contributed by atoms with E-state index in [9.17, 15) is 14.7 Å². The number of hydrogen-bond acceptors (Lipinski definition) is 5. The molecule has 7 aromatic rings. The number of thiocarbonyl (C=S) groups is 1. The first-order chi connectivity index (χ1) is 31.6. The molecule has 0 saturated carbocycles. The monoisotopic (exact) mass is 878 g/mol. The maximum atomic E-state index is 13.1. The minimum absolute atomic E-state index is 0.239. The molecule has 1 N–H and O–H groups in total. The molecule has 0 atom stereocenters. The Bertz CT molecular complexity index is 3060. The fourth-order valence-corrected chi connectivity index (χ4v) is 9.98. The van der Waals surface area contributed by atoms with Gasteiger partial charge in [0.1, 0.15) is 10.9 Å². The maximum Gasteiger partial charge on any atom is 0.323 e. The number of anilines is 3. The molecule has 65 heavy (non-hydrogen) atoms. The Morgan fingerprint density at radius 3 is 1.40 bits per heavy atom. The van der Waals surface area contributed by atoms with Crippen LogP contribution in [0.5, 0.6) is 0 Å². The smallest absolute Gasteiger partial charge is 0.323 e. The second-order valence-electron chi connectivity index (χ2n) is 16.4. The van der Waals surface area contributed by atoms with Crippen LogP contribution in [0.15, 0.2) is 163 Å². The topological polar surface area (TPSA) is 60.9 Å². The number of carbonyl (C=O) groups excluding carboxylic acids is 1. The molecule has 1 fully saturated rings. The summed E-state index contributed by atoms with van der Waals surface area (Å²) < 4.78 is 0.239. The van der Waals surface area contributed by atoms with Gasteiger partial charge in [-0.1, -0.05) is 181 Å². The van der Waals surface area contributed by atoms with Gasteiger partial charge < -0.3 is 10.0 Å². The van der Waals surface area contributed by atoms with Gasteiger partial charge in [-0.25, -0.2) is 0 Å². The molecular weight excluding hydrogens is 837 g/mol. The number of carbonyl (C=O) groups is 2. The zero-order valence-electron chi connectivity index (χ0n) is 35.7. The molecule has 5 nitrogen and oxygen atoms in total. The van der Waals surface area contributed by atoms with Gasteiger partial charge in [0.05, 0.1) is 4.91 Å². The number of thioether (sulfide) groups is 1. The summed E-state index contributed by atoms with van der Waals surface area (Å²) in [5.74, 6) is -1.51. The van der Waals surface area contributed by atoms with Crippen molar-refractivity contribution in [1.82, 2.24) is 4.90 Å². The van der Waals surface area contributed by atoms with Gasteiger partial charge in [-0.05, 0) is 141 Å². The Hall–Kier alpha value is -7.58. The van der Waals surface area contributed by atoms with Crippen molar-refractivity contribution >= 4 is 111 Å². The SMILES string of the molecule is Cc1ccc2c(c1)C=Cc1ccccc1C2=Cc1ccc(N(c2ccc(C=C3SC(=S)N(CC(=O)O)C3=O)cc2)c2ccc(C=C3c4ccccc4C=Cc4cc(C)ccc43)cc2)cc1. The van der Waals surface area contributed by atoms with Gasteiger partial charge in [-0.15, -0.1) is 0 Å². The molecule has 10 rings (SSSR count). The normalized spacial score (nSPS) is 15.7. The van der Waals surface area contributed by atoms with Crippen molar-refractivity contribution in [3.05, 3.63) is 235 Å². The minimum atomic E-state index is -1.11. The van der Waals surface area contributed by atoms with E-state index in [0.29, 0.717) is 4.91 Å². The zero-order valence-corrected chi connectivity index (χ0v) is 37.4. The number of amides is 1. The number of aliphatic carboxylic acids is 1. The highest BCUT2D eigenvalue weighted by molar-refractivity contribution is 8.26. The first-order valence-corrected chi connectivity index (χ1v) is 22.7. The van der Waals surface area contributed by atoms with Gasteiger partial charge in [0.15, 0.2) is 0 Å². The first kappa shape index (κ1) is 41.4. The van der Waals surface area contributed by atoms with E-state index in [2.05, 4.69) is 189 Å². The Morgan fingerprint density at radius 1 is 0.554 bits per heavy atom. The molecule has 314 valence electrons. The summed E-state index contributed by atoms with van der Waals surface area (Å²) in [4.78, 5) is 28.2. The van der Waals surface area contributed by atoms with Gasteiger partial charge in [0.25, 0.3) is 5.91 Å². The van der Waals surface area contributed by atoms with Crippen molar-refractivity contribution in [3.8, 4) is 0 Å². The number of rotatable bonds is 8. The lowest BCUT2D eigenvalue weighted by atomic mass is 9.91. The Balaban J connectivity index is 1.03. The van der Waals surface area contributed by atoms with Gasteiger partial charge in [-0.2, -0.15) is 0 Å². The van der Waals surface area contributed by atoms with E-state index in [1.54, 1.807) is 6.08 Å². The van der Waals surface area contributed by atoms with Crippen LogP contribution >= 0.6 is 24.0 Å². The van der Waals surface area contributed by atoms with Crippen LogP contribution in [0.25, 0.3) is 53.7 Å². The van der Waals surface area contributed by atoms with Crippen molar-refractivity contribution in [2.45, 2.75) is 13.8 Å². The summed E-state index contributed by atoms with van der Waals surface area (Å²) in [6.45, 7) is 3.80. The van der Waals surface area contributed by atoms with Crippen LogP contribution < -0.4 is 4.90 Å². The fraction of sp³-hybridized carbons (Fsp3) is 0.0517. The third-order valence-electron chi connectivity index (χ3n) is 11.9. The lowest BCUT2D eigenvalue weighted by molar-refractivity contribution is -0.140. The summed E-state index contributed by atoms with van der Waals surface area (Å²) in [6.07, 6.45) is 15.2. The fourth-order valence-electron chi connectivity index (χ4n) is 8.73.